The molecule has 1 aliphatic carbocycles. The van der Waals surface area contributed by atoms with E-state index in [1.165, 1.54) is 33.0 Å². The standard InChI is InChI=1S/C20H20N4O3S3/c1-24-19(27)17-11-5-4-8-13(11)30-18(17)23-20(24)29-10-16(26)22-12-6-2-3-7-14(12)28-9-15(21)25/h2-3,6-7H,4-5,8-10H2,1H3,(H2,21,25)(H,22,26). The molecule has 1 aromatic carbocycles. The number of thiophene rings is 1. The first-order valence-electron chi connectivity index (χ1n) is 9.38. The first-order valence-corrected chi connectivity index (χ1v) is 12.2. The van der Waals surface area contributed by atoms with Gasteiger partial charge in [0, 0.05) is 16.8 Å². The van der Waals surface area contributed by atoms with E-state index >= 15 is 0 Å². The number of fused-ring (bicyclic) bond motifs is 3. The van der Waals surface area contributed by atoms with Crippen molar-refractivity contribution in [2.75, 3.05) is 16.8 Å². The highest BCUT2D eigenvalue weighted by Gasteiger charge is 2.22. The van der Waals surface area contributed by atoms with Crippen LogP contribution in [0.25, 0.3) is 10.2 Å². The minimum Gasteiger partial charge on any atom is -0.369 e. The summed E-state index contributed by atoms with van der Waals surface area (Å²) in [7, 11) is 1.70. The zero-order chi connectivity index (χ0) is 21.3. The van der Waals surface area contributed by atoms with E-state index in [4.69, 9.17) is 5.73 Å². The summed E-state index contributed by atoms with van der Waals surface area (Å²) in [5.74, 6) is -0.377. The molecule has 7 nitrogen and oxygen atoms in total. The second-order valence-corrected chi connectivity index (χ2v) is 9.93. The third-order valence-electron chi connectivity index (χ3n) is 4.77. The Hall–Kier alpha value is -2.30. The number of thioether (sulfide) groups is 2. The zero-order valence-electron chi connectivity index (χ0n) is 16.3. The molecule has 2 heterocycles. The number of hydrogen-bond acceptors (Lipinski definition) is 7. The van der Waals surface area contributed by atoms with Gasteiger partial charge in [-0.25, -0.2) is 4.98 Å². The molecule has 0 radical (unpaired) electrons. The lowest BCUT2D eigenvalue weighted by molar-refractivity contribution is -0.115. The van der Waals surface area contributed by atoms with E-state index in [0.717, 1.165) is 39.9 Å². The van der Waals surface area contributed by atoms with Gasteiger partial charge in [-0.15, -0.1) is 23.1 Å². The normalized spacial score (nSPS) is 12.8. The number of nitrogens with one attached hydrogen (secondary N) is 1. The topological polar surface area (TPSA) is 107 Å². The van der Waals surface area contributed by atoms with Crippen LogP contribution in [0.1, 0.15) is 16.9 Å². The van der Waals surface area contributed by atoms with Crippen LogP contribution in [0.2, 0.25) is 0 Å². The zero-order valence-corrected chi connectivity index (χ0v) is 18.7. The molecule has 1 aliphatic rings. The number of rotatable bonds is 7. The van der Waals surface area contributed by atoms with E-state index in [-0.39, 0.29) is 23.0 Å². The predicted molar refractivity (Wildman–Crippen MR) is 123 cm³/mol. The fourth-order valence-electron chi connectivity index (χ4n) is 3.40. The number of para-hydroxylation sites is 1. The molecule has 10 heteroatoms. The van der Waals surface area contributed by atoms with Crippen LogP contribution in [-0.4, -0.2) is 32.9 Å². The fraction of sp³-hybridized carbons (Fsp3) is 0.300. The van der Waals surface area contributed by atoms with Gasteiger partial charge in [-0.05, 0) is 37.0 Å². The van der Waals surface area contributed by atoms with Crippen molar-refractivity contribution in [3.05, 3.63) is 45.1 Å². The Kier molecular flexibility index (Phi) is 6.16. The Labute approximate surface area is 185 Å². The second-order valence-electron chi connectivity index (χ2n) is 6.88. The number of aromatic nitrogens is 2. The molecule has 0 unspecified atom stereocenters. The van der Waals surface area contributed by atoms with Gasteiger partial charge in [0.1, 0.15) is 4.83 Å². The molecule has 3 N–H and O–H groups in total. The van der Waals surface area contributed by atoms with Crippen molar-refractivity contribution in [2.24, 2.45) is 12.8 Å². The maximum atomic E-state index is 12.9. The molecule has 0 aliphatic heterocycles. The molecular formula is C20H20N4O3S3. The number of carbonyl (C=O) groups excluding carboxylic acids is 2. The van der Waals surface area contributed by atoms with Crippen LogP contribution in [-0.2, 0) is 29.5 Å². The second kappa shape index (κ2) is 8.83. The fourth-order valence-corrected chi connectivity index (χ4v) is 6.22. The Morgan fingerprint density at radius 1 is 1.23 bits per heavy atom. The predicted octanol–water partition coefficient (Wildman–Crippen LogP) is 2.79. The third kappa shape index (κ3) is 4.26. The Morgan fingerprint density at radius 3 is 2.83 bits per heavy atom. The molecular weight excluding hydrogens is 440 g/mol. The van der Waals surface area contributed by atoms with Crippen LogP contribution in [0.5, 0.6) is 0 Å². The highest BCUT2D eigenvalue weighted by Crippen LogP contribution is 2.35. The van der Waals surface area contributed by atoms with Crippen molar-refractivity contribution in [3.8, 4) is 0 Å². The number of benzene rings is 1. The number of anilines is 1. The maximum Gasteiger partial charge on any atom is 0.262 e. The summed E-state index contributed by atoms with van der Waals surface area (Å²) in [6.07, 6.45) is 3.04. The number of aryl methyl sites for hydroxylation is 2. The Morgan fingerprint density at radius 2 is 2.03 bits per heavy atom. The number of nitrogens with two attached hydrogens (primary N) is 1. The van der Waals surface area contributed by atoms with E-state index in [1.807, 2.05) is 18.2 Å². The summed E-state index contributed by atoms with van der Waals surface area (Å²) in [6, 6.07) is 7.25. The number of primary amides is 1. The van der Waals surface area contributed by atoms with Crippen molar-refractivity contribution in [2.45, 2.75) is 29.3 Å². The molecule has 0 bridgehead atoms. The summed E-state index contributed by atoms with van der Waals surface area (Å²) < 4.78 is 1.53. The van der Waals surface area contributed by atoms with Crippen LogP contribution in [0.15, 0.2) is 39.1 Å². The van der Waals surface area contributed by atoms with Crippen LogP contribution >= 0.6 is 34.9 Å². The van der Waals surface area contributed by atoms with Crippen LogP contribution in [0.3, 0.4) is 0 Å². The van der Waals surface area contributed by atoms with E-state index in [1.54, 1.807) is 24.5 Å². The van der Waals surface area contributed by atoms with Crippen molar-refractivity contribution < 1.29 is 9.59 Å². The van der Waals surface area contributed by atoms with Crippen molar-refractivity contribution in [3.63, 3.8) is 0 Å². The van der Waals surface area contributed by atoms with Gasteiger partial charge in [0.25, 0.3) is 5.56 Å². The average Bonchev–Trinajstić information content (AvgIpc) is 3.29. The molecule has 30 heavy (non-hydrogen) atoms. The van der Waals surface area contributed by atoms with Crippen LogP contribution in [0, 0.1) is 0 Å². The number of hydrogen-bond donors (Lipinski definition) is 2. The first-order chi connectivity index (χ1) is 14.4. The van der Waals surface area contributed by atoms with Gasteiger partial charge in [-0.1, -0.05) is 23.9 Å². The van der Waals surface area contributed by atoms with Crippen LogP contribution < -0.4 is 16.6 Å². The minimum absolute atomic E-state index is 0.0458. The molecule has 0 atom stereocenters. The van der Waals surface area contributed by atoms with Gasteiger partial charge in [0.05, 0.1) is 22.6 Å². The van der Waals surface area contributed by atoms with E-state index < -0.39 is 5.91 Å². The summed E-state index contributed by atoms with van der Waals surface area (Å²) in [5, 5.41) is 4.13. The summed E-state index contributed by atoms with van der Waals surface area (Å²) in [5.41, 5.74) is 6.94. The molecule has 4 rings (SSSR count). The van der Waals surface area contributed by atoms with Gasteiger partial charge in [0.2, 0.25) is 11.8 Å². The molecule has 0 fully saturated rings. The summed E-state index contributed by atoms with van der Waals surface area (Å²) >= 11 is 4.10. The molecule has 0 saturated heterocycles. The lowest BCUT2D eigenvalue weighted by atomic mass is 10.2. The Bertz CT molecular complexity index is 1200. The summed E-state index contributed by atoms with van der Waals surface area (Å²) in [4.78, 5) is 43.8. The van der Waals surface area contributed by atoms with E-state index in [9.17, 15) is 14.4 Å². The van der Waals surface area contributed by atoms with E-state index in [0.29, 0.717) is 10.8 Å². The average molecular weight is 461 g/mol. The smallest absolute Gasteiger partial charge is 0.262 e. The van der Waals surface area contributed by atoms with Crippen molar-refractivity contribution in [1.82, 2.24) is 9.55 Å². The largest absolute Gasteiger partial charge is 0.369 e. The number of amides is 2. The molecule has 0 spiro atoms. The van der Waals surface area contributed by atoms with Crippen molar-refractivity contribution in [1.29, 1.82) is 0 Å². The van der Waals surface area contributed by atoms with Gasteiger partial charge in [-0.3, -0.25) is 19.0 Å². The van der Waals surface area contributed by atoms with Gasteiger partial charge < -0.3 is 11.1 Å². The monoisotopic (exact) mass is 460 g/mol. The Balaban J connectivity index is 1.47. The molecule has 2 amide bonds. The first kappa shape index (κ1) is 21.0. The molecule has 0 saturated carbocycles. The third-order valence-corrected chi connectivity index (χ3v) is 8.08. The summed E-state index contributed by atoms with van der Waals surface area (Å²) in [6.45, 7) is 0. The maximum absolute atomic E-state index is 12.9. The highest BCUT2D eigenvalue weighted by molar-refractivity contribution is 8.00. The van der Waals surface area contributed by atoms with Crippen molar-refractivity contribution >= 4 is 62.6 Å². The quantitative estimate of drug-likeness (QED) is 0.415. The number of carbonyl (C=O) groups is 2. The molecule has 156 valence electrons. The SMILES string of the molecule is Cn1c(SCC(=O)Nc2ccccc2SCC(N)=O)nc2sc3c(c2c1=O)CCC3. The number of nitrogens with zero attached hydrogens (tertiary/aromatic N) is 2. The van der Waals surface area contributed by atoms with Gasteiger partial charge >= 0.3 is 0 Å². The molecule has 2 aromatic heterocycles. The molecule has 3 aromatic rings. The highest BCUT2D eigenvalue weighted by atomic mass is 32.2. The lowest BCUT2D eigenvalue weighted by Crippen LogP contribution is -2.21. The van der Waals surface area contributed by atoms with Gasteiger partial charge in [0.15, 0.2) is 5.16 Å². The van der Waals surface area contributed by atoms with E-state index in [2.05, 4.69) is 10.3 Å². The van der Waals surface area contributed by atoms with Crippen LogP contribution in [0.4, 0.5) is 5.69 Å². The lowest BCUT2D eigenvalue weighted by Gasteiger charge is -2.11. The van der Waals surface area contributed by atoms with Gasteiger partial charge in [-0.2, -0.15) is 0 Å². The minimum atomic E-state index is -0.418.